The summed E-state index contributed by atoms with van der Waals surface area (Å²) in [5.41, 5.74) is 0.607. The molecule has 1 fully saturated rings. The summed E-state index contributed by atoms with van der Waals surface area (Å²) >= 11 is 6.05. The molecule has 3 heterocycles. The summed E-state index contributed by atoms with van der Waals surface area (Å²) in [4.78, 5) is 14.7. The van der Waals surface area contributed by atoms with Crippen molar-refractivity contribution in [3.05, 3.63) is 40.4 Å². The van der Waals surface area contributed by atoms with Gasteiger partial charge in [-0.25, -0.2) is 0 Å². The van der Waals surface area contributed by atoms with E-state index in [2.05, 4.69) is 20.1 Å². The number of nitrogens with one attached hydrogen (secondary N) is 1. The first-order chi connectivity index (χ1) is 12.7. The molecule has 2 aromatic rings. The van der Waals surface area contributed by atoms with Gasteiger partial charge in [0.2, 0.25) is 0 Å². The van der Waals surface area contributed by atoms with Crippen molar-refractivity contribution in [2.24, 2.45) is 0 Å². The molecule has 1 N–H and O–H groups in total. The number of methoxy groups -OCH3 is 1. The predicted octanol–water partition coefficient (Wildman–Crippen LogP) is 2.48. The fraction of sp³-hybridized carbons (Fsp3) is 0.500. The number of aromatic nitrogens is 3. The lowest BCUT2D eigenvalue weighted by atomic mass is 9.95. The van der Waals surface area contributed by atoms with Gasteiger partial charge in [-0.1, -0.05) is 11.6 Å². The third-order valence-electron chi connectivity index (χ3n) is 5.20. The molecule has 0 spiro atoms. The van der Waals surface area contributed by atoms with Crippen molar-refractivity contribution in [2.45, 2.75) is 31.8 Å². The molecule has 9 heteroatoms. The third kappa shape index (κ3) is 3.90. The van der Waals surface area contributed by atoms with Crippen molar-refractivity contribution < 1.29 is 9.53 Å². The van der Waals surface area contributed by atoms with Crippen molar-refractivity contribution in [2.75, 3.05) is 26.7 Å². The summed E-state index contributed by atoms with van der Waals surface area (Å²) in [5, 5.41) is 12.5. The SMILES string of the molecule is COc1cc(C(=O)N2CCC(c3nnc4n3CCNC4)CC2)ccc1Cl.Cl. The Morgan fingerprint density at radius 3 is 2.78 bits per heavy atom. The van der Waals surface area contributed by atoms with E-state index in [9.17, 15) is 4.79 Å². The van der Waals surface area contributed by atoms with Crippen molar-refractivity contribution >= 4 is 29.9 Å². The molecule has 2 aliphatic heterocycles. The molecule has 1 aromatic heterocycles. The number of likely N-dealkylation sites (tertiary alicyclic amines) is 1. The van der Waals surface area contributed by atoms with Gasteiger partial charge in [0.1, 0.15) is 17.4 Å². The van der Waals surface area contributed by atoms with Gasteiger partial charge in [0.25, 0.3) is 5.91 Å². The molecule has 0 aliphatic carbocycles. The van der Waals surface area contributed by atoms with Crippen LogP contribution in [0.5, 0.6) is 5.75 Å². The highest BCUT2D eigenvalue weighted by Gasteiger charge is 2.29. The van der Waals surface area contributed by atoms with Gasteiger partial charge < -0.3 is 19.5 Å². The topological polar surface area (TPSA) is 72.3 Å². The number of halogens is 2. The highest BCUT2D eigenvalue weighted by Crippen LogP contribution is 2.30. The van der Waals surface area contributed by atoms with Crippen molar-refractivity contribution in [3.8, 4) is 5.75 Å². The zero-order valence-electron chi connectivity index (χ0n) is 15.2. The fourth-order valence-electron chi connectivity index (χ4n) is 3.73. The highest BCUT2D eigenvalue weighted by molar-refractivity contribution is 6.32. The predicted molar refractivity (Wildman–Crippen MR) is 105 cm³/mol. The molecule has 2 aliphatic rings. The summed E-state index contributed by atoms with van der Waals surface area (Å²) in [7, 11) is 1.55. The first-order valence-corrected chi connectivity index (χ1v) is 9.30. The van der Waals surface area contributed by atoms with Crippen LogP contribution in [0.3, 0.4) is 0 Å². The maximum absolute atomic E-state index is 12.8. The van der Waals surface area contributed by atoms with Crippen molar-refractivity contribution in [1.82, 2.24) is 25.0 Å². The number of rotatable bonds is 3. The zero-order valence-corrected chi connectivity index (χ0v) is 16.7. The highest BCUT2D eigenvalue weighted by atomic mass is 35.5. The van der Waals surface area contributed by atoms with E-state index in [0.29, 0.717) is 22.3 Å². The van der Waals surface area contributed by atoms with Crippen molar-refractivity contribution in [3.63, 3.8) is 0 Å². The maximum atomic E-state index is 12.8. The van der Waals surface area contributed by atoms with Crippen LogP contribution in [0.25, 0.3) is 0 Å². The molecule has 4 rings (SSSR count). The molecule has 27 heavy (non-hydrogen) atoms. The number of piperidine rings is 1. The number of carbonyl (C=O) groups is 1. The van der Waals surface area contributed by atoms with Gasteiger partial charge in [-0.05, 0) is 31.0 Å². The first kappa shape index (κ1) is 19.9. The molecule has 146 valence electrons. The number of hydrogen-bond acceptors (Lipinski definition) is 5. The monoisotopic (exact) mass is 411 g/mol. The number of carbonyl (C=O) groups excluding carboxylic acids is 1. The van der Waals surface area contributed by atoms with Crippen LogP contribution in [0, 0.1) is 0 Å². The number of ether oxygens (including phenoxy) is 1. The molecule has 1 aromatic carbocycles. The molecule has 0 unspecified atom stereocenters. The fourth-order valence-corrected chi connectivity index (χ4v) is 3.93. The largest absolute Gasteiger partial charge is 0.495 e. The van der Waals surface area contributed by atoms with Crippen LogP contribution in [0.15, 0.2) is 18.2 Å². The lowest BCUT2D eigenvalue weighted by Crippen LogP contribution is -2.39. The quantitative estimate of drug-likeness (QED) is 0.839. The Morgan fingerprint density at radius 2 is 2.04 bits per heavy atom. The lowest BCUT2D eigenvalue weighted by Gasteiger charge is -2.32. The van der Waals surface area contributed by atoms with E-state index < -0.39 is 0 Å². The smallest absolute Gasteiger partial charge is 0.253 e. The van der Waals surface area contributed by atoms with Gasteiger partial charge in [0.05, 0.1) is 18.7 Å². The molecular weight excluding hydrogens is 389 g/mol. The second-order valence-corrected chi connectivity index (χ2v) is 7.13. The minimum absolute atomic E-state index is 0. The maximum Gasteiger partial charge on any atom is 0.253 e. The Kier molecular flexibility index (Phi) is 6.24. The summed E-state index contributed by atoms with van der Waals surface area (Å²) in [6.45, 7) is 4.08. The number of benzene rings is 1. The molecule has 7 nitrogen and oxygen atoms in total. The van der Waals surface area contributed by atoms with Crippen LogP contribution in [0.2, 0.25) is 5.02 Å². The Labute approximate surface area is 169 Å². The van der Waals surface area contributed by atoms with E-state index in [0.717, 1.165) is 57.2 Å². The van der Waals surface area contributed by atoms with E-state index in [-0.39, 0.29) is 18.3 Å². The van der Waals surface area contributed by atoms with Crippen LogP contribution in [0.1, 0.15) is 40.8 Å². The van der Waals surface area contributed by atoms with Gasteiger partial charge in [0.15, 0.2) is 0 Å². The molecule has 0 saturated carbocycles. The second kappa shape index (κ2) is 8.46. The van der Waals surface area contributed by atoms with Gasteiger partial charge in [0, 0.05) is 37.7 Å². The van der Waals surface area contributed by atoms with Crippen LogP contribution in [0.4, 0.5) is 0 Å². The second-order valence-electron chi connectivity index (χ2n) is 6.72. The summed E-state index contributed by atoms with van der Waals surface area (Å²) in [6.07, 6.45) is 1.81. The van der Waals surface area contributed by atoms with Crippen LogP contribution < -0.4 is 10.1 Å². The minimum atomic E-state index is 0. The van der Waals surface area contributed by atoms with E-state index >= 15 is 0 Å². The Balaban J connectivity index is 0.00000210. The van der Waals surface area contributed by atoms with E-state index in [1.54, 1.807) is 25.3 Å². The Bertz CT molecular complexity index is 818. The van der Waals surface area contributed by atoms with Gasteiger partial charge in [-0.3, -0.25) is 4.79 Å². The number of nitrogens with zero attached hydrogens (tertiary/aromatic N) is 4. The minimum Gasteiger partial charge on any atom is -0.495 e. The lowest BCUT2D eigenvalue weighted by molar-refractivity contribution is 0.0709. The van der Waals surface area contributed by atoms with E-state index in [1.165, 1.54) is 0 Å². The molecule has 1 amide bonds. The molecule has 1 saturated heterocycles. The Morgan fingerprint density at radius 1 is 1.26 bits per heavy atom. The molecular formula is C18H23Cl2N5O2. The molecule has 0 radical (unpaired) electrons. The summed E-state index contributed by atoms with van der Waals surface area (Å²) < 4.78 is 7.46. The average molecular weight is 412 g/mol. The zero-order chi connectivity index (χ0) is 18.1. The number of fused-ring (bicyclic) bond motifs is 1. The molecule has 0 bridgehead atoms. The standard InChI is InChI=1S/C18H22ClN5O2.ClH/c1-26-15-10-13(2-3-14(15)19)18(25)23-7-4-12(5-8-23)17-22-21-16-11-20-6-9-24(16)17;/h2-3,10,12,20H,4-9,11H2,1H3;1H. The first-order valence-electron chi connectivity index (χ1n) is 8.93. The molecule has 0 atom stereocenters. The van der Waals surface area contributed by atoms with E-state index in [4.69, 9.17) is 16.3 Å². The normalized spacial score (nSPS) is 17.2. The third-order valence-corrected chi connectivity index (χ3v) is 5.51. The van der Waals surface area contributed by atoms with Gasteiger partial charge >= 0.3 is 0 Å². The van der Waals surface area contributed by atoms with Crippen LogP contribution >= 0.6 is 24.0 Å². The summed E-state index contributed by atoms with van der Waals surface area (Å²) in [6, 6.07) is 5.16. The Hall–Kier alpha value is -1.83. The number of amides is 1. The van der Waals surface area contributed by atoms with Crippen LogP contribution in [-0.2, 0) is 13.1 Å². The summed E-state index contributed by atoms with van der Waals surface area (Å²) in [5.74, 6) is 2.99. The number of hydrogen-bond donors (Lipinski definition) is 1. The van der Waals surface area contributed by atoms with Gasteiger partial charge in [-0.15, -0.1) is 22.6 Å². The van der Waals surface area contributed by atoms with Crippen LogP contribution in [-0.4, -0.2) is 52.3 Å². The average Bonchev–Trinajstić information content (AvgIpc) is 3.12. The van der Waals surface area contributed by atoms with Gasteiger partial charge in [-0.2, -0.15) is 0 Å². The van der Waals surface area contributed by atoms with Crippen molar-refractivity contribution in [1.29, 1.82) is 0 Å². The van der Waals surface area contributed by atoms with E-state index in [1.807, 2.05) is 4.90 Å².